The second-order valence-electron chi connectivity index (χ2n) is 10.3. The predicted octanol–water partition coefficient (Wildman–Crippen LogP) is 3.25. The minimum absolute atomic E-state index is 0.0724. The number of benzene rings is 1. The average Bonchev–Trinajstić information content (AvgIpc) is 3.53. The third-order valence-electron chi connectivity index (χ3n) is 8.07. The second kappa shape index (κ2) is 8.14. The van der Waals surface area contributed by atoms with Gasteiger partial charge in [-0.3, -0.25) is 0 Å². The highest BCUT2D eigenvalue weighted by Gasteiger charge is 2.65. The number of nitrogens with zero attached hydrogens (tertiary/aromatic N) is 8. The molecule has 2 atom stereocenters. The van der Waals surface area contributed by atoms with Crippen molar-refractivity contribution in [3.8, 4) is 17.2 Å². The summed E-state index contributed by atoms with van der Waals surface area (Å²) in [5, 5.41) is 12.5. The standard InChI is InChI=1S/C25H24F2N8O2S/c1-24(2)15-8-10-25(24,21-14(15)12-18(31-32-21)20-16(26)6-5-7-17(20)27)19-9-11-28-22(30-19)35-13-29-23(33-35)38(36,37)34(3)4/h5-7,9,11-13,15H,8,10H2,1-4H3/t15-,25-/m0/s1. The van der Waals surface area contributed by atoms with Crippen LogP contribution < -0.4 is 0 Å². The summed E-state index contributed by atoms with van der Waals surface area (Å²) >= 11 is 0. The van der Waals surface area contributed by atoms with Crippen LogP contribution in [-0.2, 0) is 15.4 Å². The van der Waals surface area contributed by atoms with Gasteiger partial charge in [0.25, 0.3) is 21.1 Å². The first-order chi connectivity index (χ1) is 18.0. The van der Waals surface area contributed by atoms with Gasteiger partial charge in [-0.15, -0.1) is 10.2 Å². The van der Waals surface area contributed by atoms with Crippen molar-refractivity contribution in [2.45, 2.75) is 43.2 Å². The zero-order chi connectivity index (χ0) is 27.0. The van der Waals surface area contributed by atoms with E-state index >= 15 is 0 Å². The van der Waals surface area contributed by atoms with Crippen LogP contribution >= 0.6 is 0 Å². The zero-order valence-corrected chi connectivity index (χ0v) is 21.9. The number of hydrogen-bond acceptors (Lipinski definition) is 8. The summed E-state index contributed by atoms with van der Waals surface area (Å²) in [6, 6.07) is 7.27. The molecule has 2 aliphatic rings. The lowest BCUT2D eigenvalue weighted by Crippen LogP contribution is -2.38. The van der Waals surface area contributed by atoms with Crippen LogP contribution in [0.3, 0.4) is 0 Å². The molecule has 13 heteroatoms. The van der Waals surface area contributed by atoms with E-state index in [4.69, 9.17) is 4.98 Å². The molecule has 0 unspecified atom stereocenters. The van der Waals surface area contributed by atoms with Crippen LogP contribution in [0.5, 0.6) is 0 Å². The van der Waals surface area contributed by atoms with Crippen LogP contribution in [0.2, 0.25) is 0 Å². The van der Waals surface area contributed by atoms with Crippen molar-refractivity contribution in [1.82, 2.24) is 39.2 Å². The molecule has 0 N–H and O–H groups in total. The summed E-state index contributed by atoms with van der Waals surface area (Å²) in [4.78, 5) is 13.0. The quantitative estimate of drug-likeness (QED) is 0.380. The van der Waals surface area contributed by atoms with Crippen molar-refractivity contribution in [2.75, 3.05) is 14.1 Å². The minimum atomic E-state index is -3.83. The van der Waals surface area contributed by atoms with E-state index in [1.54, 1.807) is 12.3 Å². The van der Waals surface area contributed by atoms with E-state index in [2.05, 4.69) is 39.1 Å². The molecular weight excluding hydrogens is 514 g/mol. The molecule has 2 aliphatic carbocycles. The van der Waals surface area contributed by atoms with Gasteiger partial charge >= 0.3 is 0 Å². The maximum absolute atomic E-state index is 14.5. The summed E-state index contributed by atoms with van der Waals surface area (Å²) in [6.07, 6.45) is 4.42. The Morgan fingerprint density at radius 2 is 1.82 bits per heavy atom. The summed E-state index contributed by atoms with van der Waals surface area (Å²) in [5.41, 5.74) is 1.27. The molecule has 3 aromatic heterocycles. The first-order valence-corrected chi connectivity index (χ1v) is 13.4. The molecule has 6 rings (SSSR count). The molecule has 1 saturated carbocycles. The molecule has 196 valence electrons. The van der Waals surface area contributed by atoms with Crippen molar-refractivity contribution in [2.24, 2.45) is 5.41 Å². The molecule has 0 amide bonds. The van der Waals surface area contributed by atoms with Crippen molar-refractivity contribution < 1.29 is 17.2 Å². The second-order valence-corrected chi connectivity index (χ2v) is 12.4. The molecule has 1 fully saturated rings. The normalized spacial score (nSPS) is 21.7. The smallest absolute Gasteiger partial charge is 0.220 e. The lowest BCUT2D eigenvalue weighted by atomic mass is 9.66. The number of rotatable bonds is 5. The van der Waals surface area contributed by atoms with E-state index in [9.17, 15) is 17.2 Å². The van der Waals surface area contributed by atoms with Crippen molar-refractivity contribution in [1.29, 1.82) is 0 Å². The summed E-state index contributed by atoms with van der Waals surface area (Å²) in [7, 11) is -1.03. The van der Waals surface area contributed by atoms with Crippen LogP contribution in [0, 0.1) is 17.0 Å². The van der Waals surface area contributed by atoms with E-state index in [-0.39, 0.29) is 33.7 Å². The Hall–Kier alpha value is -3.71. The van der Waals surface area contributed by atoms with Crippen molar-refractivity contribution in [3.63, 3.8) is 0 Å². The first kappa shape index (κ1) is 24.6. The summed E-state index contributed by atoms with van der Waals surface area (Å²) in [5.74, 6) is -1.15. The van der Waals surface area contributed by atoms with Gasteiger partial charge in [0.05, 0.1) is 28.1 Å². The van der Waals surface area contributed by atoms with E-state index in [1.807, 2.05) is 6.07 Å². The maximum atomic E-state index is 14.5. The van der Waals surface area contributed by atoms with Crippen LogP contribution in [0.1, 0.15) is 49.6 Å². The van der Waals surface area contributed by atoms with Gasteiger partial charge in [0.1, 0.15) is 18.0 Å². The molecule has 10 nitrogen and oxygen atoms in total. The van der Waals surface area contributed by atoms with Gasteiger partial charge in [-0.05, 0) is 54.0 Å². The fraction of sp³-hybridized carbons (Fsp3) is 0.360. The molecule has 1 aromatic carbocycles. The fourth-order valence-electron chi connectivity index (χ4n) is 6.08. The predicted molar refractivity (Wildman–Crippen MR) is 132 cm³/mol. The van der Waals surface area contributed by atoms with E-state index in [1.165, 1.54) is 43.3 Å². The molecule has 3 heterocycles. The monoisotopic (exact) mass is 538 g/mol. The number of hydrogen-bond donors (Lipinski definition) is 0. The van der Waals surface area contributed by atoms with Gasteiger partial charge in [0, 0.05) is 20.3 Å². The number of sulfonamides is 1. The summed E-state index contributed by atoms with van der Waals surface area (Å²) in [6.45, 7) is 4.27. The van der Waals surface area contributed by atoms with Gasteiger partial charge in [-0.1, -0.05) is 19.9 Å². The molecular formula is C25H24F2N8O2S. The van der Waals surface area contributed by atoms with Gasteiger partial charge in [0.15, 0.2) is 0 Å². The van der Waals surface area contributed by atoms with Crippen LogP contribution in [0.15, 0.2) is 48.0 Å². The third kappa shape index (κ3) is 3.21. The molecule has 0 spiro atoms. The third-order valence-corrected chi connectivity index (χ3v) is 9.68. The molecule has 2 bridgehead atoms. The Morgan fingerprint density at radius 1 is 1.08 bits per heavy atom. The highest BCUT2D eigenvalue weighted by Crippen LogP contribution is 2.69. The zero-order valence-electron chi connectivity index (χ0n) is 21.1. The van der Waals surface area contributed by atoms with Crippen molar-refractivity contribution >= 4 is 10.0 Å². The number of aromatic nitrogens is 7. The molecule has 38 heavy (non-hydrogen) atoms. The molecule has 0 saturated heterocycles. The highest BCUT2D eigenvalue weighted by molar-refractivity contribution is 7.88. The number of fused-ring (bicyclic) bond motifs is 5. The Kier molecular flexibility index (Phi) is 5.27. The SMILES string of the molecule is CN(C)S(=O)(=O)c1ncn(-c2nccc([C@@]34CC[C@@H](c5cc(-c6c(F)cccc6F)nnc53)C4(C)C)n2)n1. The van der Waals surface area contributed by atoms with E-state index < -0.39 is 27.1 Å². The molecule has 0 aliphatic heterocycles. The lowest BCUT2D eigenvalue weighted by Gasteiger charge is -2.37. The largest absolute Gasteiger partial charge is 0.282 e. The van der Waals surface area contributed by atoms with Crippen LogP contribution in [-0.4, -0.2) is 61.7 Å². The van der Waals surface area contributed by atoms with Crippen LogP contribution in [0.4, 0.5) is 8.78 Å². The molecule has 4 aromatic rings. The van der Waals surface area contributed by atoms with E-state index in [0.29, 0.717) is 5.69 Å². The van der Waals surface area contributed by atoms with Gasteiger partial charge < -0.3 is 0 Å². The van der Waals surface area contributed by atoms with Crippen LogP contribution in [0.25, 0.3) is 17.2 Å². The van der Waals surface area contributed by atoms with E-state index in [0.717, 1.165) is 28.4 Å². The average molecular weight is 539 g/mol. The minimum Gasteiger partial charge on any atom is -0.220 e. The first-order valence-electron chi connectivity index (χ1n) is 12.0. The Bertz CT molecular complexity index is 1680. The topological polar surface area (TPSA) is 120 Å². The Balaban J connectivity index is 1.47. The Morgan fingerprint density at radius 3 is 2.53 bits per heavy atom. The fourth-order valence-corrected chi connectivity index (χ4v) is 6.78. The highest BCUT2D eigenvalue weighted by atomic mass is 32.2. The van der Waals surface area contributed by atoms with Gasteiger partial charge in [-0.25, -0.2) is 36.5 Å². The van der Waals surface area contributed by atoms with Crippen molar-refractivity contribution in [3.05, 3.63) is 71.4 Å². The van der Waals surface area contributed by atoms with Gasteiger partial charge in [0.2, 0.25) is 0 Å². The summed E-state index contributed by atoms with van der Waals surface area (Å²) < 4.78 is 56.2. The number of halogens is 2. The lowest BCUT2D eigenvalue weighted by molar-refractivity contribution is 0.242. The molecule has 0 radical (unpaired) electrons. The van der Waals surface area contributed by atoms with Gasteiger partial charge in [-0.2, -0.15) is 9.78 Å². The maximum Gasteiger partial charge on any atom is 0.282 e. The Labute approximate surface area is 217 Å².